The van der Waals surface area contributed by atoms with Crippen molar-refractivity contribution in [1.82, 2.24) is 14.5 Å². The maximum absolute atomic E-state index is 12.1. The molecule has 0 heterocycles. The lowest BCUT2D eigenvalue weighted by atomic mass is 10.2. The molecule has 1 unspecified atom stereocenters. The van der Waals surface area contributed by atoms with Crippen LogP contribution in [0, 0.1) is 0 Å². The highest BCUT2D eigenvalue weighted by Crippen LogP contribution is 2.08. The Morgan fingerprint density at radius 3 is 2.35 bits per heavy atom. The zero-order valence-corrected chi connectivity index (χ0v) is 15.1. The summed E-state index contributed by atoms with van der Waals surface area (Å²) in [5, 5.41) is 2.81. The Bertz CT molecular complexity index is 492. The van der Waals surface area contributed by atoms with Gasteiger partial charge in [-0.15, -0.1) is 0 Å². The third kappa shape index (κ3) is 6.62. The molecule has 0 aliphatic carbocycles. The van der Waals surface area contributed by atoms with Gasteiger partial charge in [-0.3, -0.25) is 4.79 Å². The first kappa shape index (κ1) is 19.5. The average molecular weight is 337 g/mol. The van der Waals surface area contributed by atoms with Crippen molar-refractivity contribution in [3.63, 3.8) is 0 Å². The lowest BCUT2D eigenvalue weighted by Crippen LogP contribution is -2.42. The second-order valence-corrected chi connectivity index (χ2v) is 5.90. The van der Waals surface area contributed by atoms with Crippen molar-refractivity contribution in [2.75, 3.05) is 19.6 Å². The molecule has 1 aromatic carbocycles. The molecule has 6 heteroatoms. The molecular formula is C17H27N3O2S. The smallest absolute Gasteiger partial charge is 0.334 e. The van der Waals surface area contributed by atoms with Gasteiger partial charge in [-0.2, -0.15) is 0 Å². The molecule has 0 aromatic heterocycles. The Labute approximate surface area is 144 Å². The topological polar surface area (TPSA) is 52.7 Å². The molecule has 5 nitrogen and oxygen atoms in total. The molecule has 1 atom stereocenters. The van der Waals surface area contributed by atoms with Crippen LogP contribution in [-0.2, 0) is 0 Å². The summed E-state index contributed by atoms with van der Waals surface area (Å²) < 4.78 is 0.830. The third-order valence-corrected chi connectivity index (χ3v) is 4.14. The Balaban J connectivity index is 2.41. The van der Waals surface area contributed by atoms with Crippen molar-refractivity contribution in [1.29, 1.82) is 0 Å². The number of nitrogens with zero attached hydrogens (tertiary/aromatic N) is 2. The minimum atomic E-state index is -0.488. The largest absolute Gasteiger partial charge is 0.334 e. The van der Waals surface area contributed by atoms with Crippen LogP contribution in [-0.4, -0.2) is 46.8 Å². The van der Waals surface area contributed by atoms with E-state index in [1.54, 1.807) is 24.3 Å². The Morgan fingerprint density at radius 2 is 1.78 bits per heavy atom. The Kier molecular flexibility index (Phi) is 8.73. The molecule has 0 fully saturated rings. The van der Waals surface area contributed by atoms with Crippen molar-refractivity contribution in [2.45, 2.75) is 39.7 Å². The highest BCUT2D eigenvalue weighted by atomic mass is 32.1. The fourth-order valence-corrected chi connectivity index (χ4v) is 2.47. The highest BCUT2D eigenvalue weighted by Gasteiger charge is 2.20. The number of nitrogens with one attached hydrogen (secondary N) is 1. The number of urea groups is 1. The summed E-state index contributed by atoms with van der Waals surface area (Å²) >= 11 is 4.02. The molecule has 128 valence electrons. The lowest BCUT2D eigenvalue weighted by Gasteiger charge is -2.21. The number of carbonyl (C=O) groups is 2. The molecule has 0 aliphatic rings. The summed E-state index contributed by atoms with van der Waals surface area (Å²) in [6, 6.07) is 8.15. The molecule has 1 rings (SSSR count). The van der Waals surface area contributed by atoms with E-state index in [9.17, 15) is 9.59 Å². The number of benzene rings is 1. The third-order valence-electron chi connectivity index (χ3n) is 3.78. The van der Waals surface area contributed by atoms with Crippen LogP contribution in [0.2, 0.25) is 0 Å². The molecule has 0 saturated heterocycles. The predicted octanol–water partition coefficient (Wildman–Crippen LogP) is 3.19. The summed E-state index contributed by atoms with van der Waals surface area (Å²) in [7, 11) is 0. The van der Waals surface area contributed by atoms with Crippen molar-refractivity contribution in [3.05, 3.63) is 35.9 Å². The number of hydrogen-bond donors (Lipinski definition) is 2. The molecule has 0 saturated carbocycles. The van der Waals surface area contributed by atoms with E-state index in [0.717, 1.165) is 36.8 Å². The van der Waals surface area contributed by atoms with E-state index >= 15 is 0 Å². The summed E-state index contributed by atoms with van der Waals surface area (Å²) in [6.45, 7) is 9.31. The highest BCUT2D eigenvalue weighted by molar-refractivity contribution is 7.79. The Hall–Kier alpha value is -1.53. The van der Waals surface area contributed by atoms with Crippen molar-refractivity contribution in [2.24, 2.45) is 0 Å². The number of thiol groups is 1. The molecule has 23 heavy (non-hydrogen) atoms. The monoisotopic (exact) mass is 337 g/mol. The van der Waals surface area contributed by atoms with E-state index in [1.807, 2.05) is 13.0 Å². The molecule has 0 spiro atoms. The standard InChI is InChI=1S/C17H27N3O2S/c1-4-19(5-2)13-9-10-14(3)18-17(22)20(23)16(21)15-11-7-6-8-12-15/h6-8,11-12,14,23H,4-5,9-10,13H2,1-3H3,(H,18,22). The van der Waals surface area contributed by atoms with Gasteiger partial charge in [0.15, 0.2) is 0 Å². The molecule has 1 N–H and O–H groups in total. The second-order valence-electron chi connectivity index (χ2n) is 5.50. The SMILES string of the molecule is CCN(CC)CCCC(C)NC(=O)N(S)C(=O)c1ccccc1. The van der Waals surface area contributed by atoms with Crippen LogP contribution in [0.5, 0.6) is 0 Å². The van der Waals surface area contributed by atoms with E-state index in [4.69, 9.17) is 0 Å². The minimum absolute atomic E-state index is 0.00344. The molecule has 1 aromatic rings. The maximum atomic E-state index is 12.1. The number of hydrogen-bond acceptors (Lipinski definition) is 4. The lowest BCUT2D eigenvalue weighted by molar-refractivity contribution is 0.0894. The number of rotatable bonds is 8. The van der Waals surface area contributed by atoms with Crippen molar-refractivity contribution >= 4 is 24.8 Å². The first-order valence-corrected chi connectivity index (χ1v) is 8.50. The minimum Gasteiger partial charge on any atom is -0.334 e. The normalized spacial score (nSPS) is 12.0. The fraction of sp³-hybridized carbons (Fsp3) is 0.529. The van der Waals surface area contributed by atoms with E-state index in [0.29, 0.717) is 5.56 Å². The van der Waals surface area contributed by atoms with Crippen molar-refractivity contribution in [3.8, 4) is 0 Å². The second kappa shape index (κ2) is 10.3. The van der Waals surface area contributed by atoms with Crippen LogP contribution in [0.1, 0.15) is 44.0 Å². The van der Waals surface area contributed by atoms with Crippen LogP contribution in [0.3, 0.4) is 0 Å². The van der Waals surface area contributed by atoms with Crippen LogP contribution in [0.25, 0.3) is 0 Å². The van der Waals surface area contributed by atoms with Gasteiger partial charge in [0.05, 0.1) is 0 Å². The number of carbonyl (C=O) groups excluding carboxylic acids is 2. The van der Waals surface area contributed by atoms with E-state index < -0.39 is 11.9 Å². The average Bonchev–Trinajstić information content (AvgIpc) is 2.58. The van der Waals surface area contributed by atoms with Gasteiger partial charge in [-0.25, -0.2) is 9.10 Å². The van der Waals surface area contributed by atoms with Gasteiger partial charge in [-0.05, 0) is 51.5 Å². The van der Waals surface area contributed by atoms with Crippen LogP contribution in [0.15, 0.2) is 30.3 Å². The van der Waals surface area contributed by atoms with Gasteiger partial charge in [0.1, 0.15) is 0 Å². The summed E-state index contributed by atoms with van der Waals surface area (Å²) in [5.41, 5.74) is 0.437. The van der Waals surface area contributed by atoms with Crippen LogP contribution < -0.4 is 5.32 Å². The van der Waals surface area contributed by atoms with E-state index in [-0.39, 0.29) is 6.04 Å². The zero-order valence-electron chi connectivity index (χ0n) is 14.2. The molecule has 3 amide bonds. The summed E-state index contributed by atoms with van der Waals surface area (Å²) in [4.78, 5) is 26.6. The fourth-order valence-electron chi connectivity index (χ4n) is 2.30. The van der Waals surface area contributed by atoms with Crippen LogP contribution in [0.4, 0.5) is 4.79 Å². The summed E-state index contributed by atoms with van der Waals surface area (Å²) in [6.07, 6.45) is 1.87. The van der Waals surface area contributed by atoms with Crippen molar-refractivity contribution < 1.29 is 9.59 Å². The number of imide groups is 1. The maximum Gasteiger partial charge on any atom is 0.334 e. The quantitative estimate of drug-likeness (QED) is 0.716. The van der Waals surface area contributed by atoms with E-state index in [1.165, 1.54) is 0 Å². The van der Waals surface area contributed by atoms with Gasteiger partial charge in [0, 0.05) is 11.6 Å². The number of amides is 3. The van der Waals surface area contributed by atoms with Gasteiger partial charge in [0.25, 0.3) is 5.91 Å². The predicted molar refractivity (Wildman–Crippen MR) is 96.6 cm³/mol. The molecule has 0 aliphatic heterocycles. The van der Waals surface area contributed by atoms with Crippen LogP contribution >= 0.6 is 12.8 Å². The van der Waals surface area contributed by atoms with Gasteiger partial charge in [0.2, 0.25) is 0 Å². The zero-order chi connectivity index (χ0) is 17.2. The molecular weight excluding hydrogens is 310 g/mol. The molecule has 0 bridgehead atoms. The van der Waals surface area contributed by atoms with Gasteiger partial charge >= 0.3 is 6.03 Å². The van der Waals surface area contributed by atoms with Gasteiger partial charge in [-0.1, -0.05) is 44.9 Å². The van der Waals surface area contributed by atoms with E-state index in [2.05, 4.69) is 36.9 Å². The summed E-state index contributed by atoms with van der Waals surface area (Å²) in [5.74, 6) is -0.429. The first-order chi connectivity index (χ1) is 11.0. The first-order valence-electron chi connectivity index (χ1n) is 8.10. The van der Waals surface area contributed by atoms with Gasteiger partial charge < -0.3 is 10.2 Å². The molecule has 0 radical (unpaired) electrons. The Morgan fingerprint density at radius 1 is 1.17 bits per heavy atom.